The van der Waals surface area contributed by atoms with E-state index in [-0.39, 0.29) is 12.7 Å². The Morgan fingerprint density at radius 1 is 1.24 bits per heavy atom. The summed E-state index contributed by atoms with van der Waals surface area (Å²) in [5.74, 6) is 2.23. The van der Waals surface area contributed by atoms with Crippen molar-refractivity contribution in [2.24, 2.45) is 11.3 Å². The van der Waals surface area contributed by atoms with Gasteiger partial charge >= 0.3 is 6.09 Å². The Bertz CT molecular complexity index is 935. The number of fused-ring (bicyclic) bond motifs is 1. The molecule has 1 aromatic heterocycles. The van der Waals surface area contributed by atoms with Crippen LogP contribution in [0.1, 0.15) is 59.2 Å². The van der Waals surface area contributed by atoms with Crippen LogP contribution in [0.15, 0.2) is 18.3 Å². The lowest BCUT2D eigenvalue weighted by Gasteiger charge is -2.37. The summed E-state index contributed by atoms with van der Waals surface area (Å²) in [6, 6.07) is 3.97. The van der Waals surface area contributed by atoms with Gasteiger partial charge in [-0.25, -0.2) is 14.8 Å². The fourth-order valence-electron chi connectivity index (χ4n) is 4.26. The maximum absolute atomic E-state index is 11.5. The summed E-state index contributed by atoms with van der Waals surface area (Å²) in [5.41, 5.74) is 0.515. The highest BCUT2D eigenvalue weighted by atomic mass is 127. The zero-order chi connectivity index (χ0) is 20.8. The molecule has 2 aromatic rings. The van der Waals surface area contributed by atoms with Crippen LogP contribution in [0.25, 0.3) is 10.9 Å². The Kier molecular flexibility index (Phi) is 5.38. The van der Waals surface area contributed by atoms with Crippen molar-refractivity contribution in [2.75, 3.05) is 6.61 Å². The first-order chi connectivity index (χ1) is 13.7. The largest absolute Gasteiger partial charge is 0.489 e. The molecule has 4 rings (SSSR count). The lowest BCUT2D eigenvalue weighted by Crippen LogP contribution is -2.39. The molecule has 7 heteroatoms. The van der Waals surface area contributed by atoms with E-state index in [1.807, 2.05) is 25.3 Å². The molecule has 29 heavy (non-hydrogen) atoms. The van der Waals surface area contributed by atoms with Crippen molar-refractivity contribution < 1.29 is 14.3 Å². The second-order valence-electron chi connectivity index (χ2n) is 9.49. The first-order valence-electron chi connectivity index (χ1n) is 10.2. The van der Waals surface area contributed by atoms with Gasteiger partial charge in [-0.1, -0.05) is 20.8 Å². The van der Waals surface area contributed by atoms with Gasteiger partial charge in [0.1, 0.15) is 17.9 Å². The molecule has 1 amide bonds. The molecule has 0 spiro atoms. The summed E-state index contributed by atoms with van der Waals surface area (Å²) in [6.07, 6.45) is 6.29. The first kappa shape index (κ1) is 20.6. The molecule has 156 valence electrons. The Hall–Kier alpha value is -1.64. The van der Waals surface area contributed by atoms with Gasteiger partial charge in [0, 0.05) is 11.6 Å². The van der Waals surface area contributed by atoms with Crippen molar-refractivity contribution in [1.82, 2.24) is 15.3 Å². The first-order valence-corrected chi connectivity index (χ1v) is 11.3. The molecule has 1 saturated carbocycles. The van der Waals surface area contributed by atoms with Crippen LogP contribution in [0.5, 0.6) is 5.75 Å². The Balaban J connectivity index is 1.51. The number of alkyl carbamates (subject to hydrolysis) is 1. The molecule has 0 unspecified atom stereocenters. The number of rotatable bonds is 3. The number of aromatic nitrogens is 2. The second-order valence-corrected chi connectivity index (χ2v) is 10.6. The minimum absolute atomic E-state index is 0.229. The number of cyclic esters (lactones) is 1. The van der Waals surface area contributed by atoms with Crippen LogP contribution < -0.4 is 10.1 Å². The predicted octanol–water partition coefficient (Wildman–Crippen LogP) is 5.17. The van der Waals surface area contributed by atoms with Crippen LogP contribution in [-0.4, -0.2) is 28.8 Å². The standard InChI is InChI=1S/C22H28IN3O3/c1-21(2,3)13-5-7-14(8-6-13)29-17-10-9-16-15(18(17)23)11-24-19(25-16)22(4)12-28-20(27)26-22/h9-11,13-14H,5-8,12H2,1-4H3,(H,26,27)/t13-,14-,22-/m0/s1. The summed E-state index contributed by atoms with van der Waals surface area (Å²) in [7, 11) is 0. The van der Waals surface area contributed by atoms with Crippen LogP contribution in [0.2, 0.25) is 0 Å². The molecule has 2 heterocycles. The molecule has 0 radical (unpaired) electrons. The minimum Gasteiger partial charge on any atom is -0.489 e. The van der Waals surface area contributed by atoms with Gasteiger partial charge in [0.05, 0.1) is 15.2 Å². The van der Waals surface area contributed by atoms with Crippen molar-refractivity contribution in [1.29, 1.82) is 0 Å². The number of ether oxygens (including phenoxy) is 2. The van der Waals surface area contributed by atoms with Crippen LogP contribution in [-0.2, 0) is 10.3 Å². The van der Waals surface area contributed by atoms with Gasteiger partial charge in [-0.05, 0) is 78.7 Å². The molecular formula is C22H28IN3O3. The van der Waals surface area contributed by atoms with Crippen molar-refractivity contribution >= 4 is 39.6 Å². The molecule has 1 aliphatic heterocycles. The van der Waals surface area contributed by atoms with Gasteiger partial charge in [-0.15, -0.1) is 0 Å². The predicted molar refractivity (Wildman–Crippen MR) is 120 cm³/mol. The Morgan fingerprint density at radius 3 is 2.59 bits per heavy atom. The van der Waals surface area contributed by atoms with Crippen LogP contribution in [0, 0.1) is 14.9 Å². The Morgan fingerprint density at radius 2 is 1.97 bits per heavy atom. The number of halogens is 1. The molecule has 2 fully saturated rings. The molecule has 1 saturated heterocycles. The topological polar surface area (TPSA) is 73.3 Å². The number of nitrogens with one attached hydrogen (secondary N) is 1. The maximum atomic E-state index is 11.5. The lowest BCUT2D eigenvalue weighted by molar-refractivity contribution is 0.0877. The average Bonchev–Trinajstić information content (AvgIpc) is 3.03. The van der Waals surface area contributed by atoms with Crippen molar-refractivity contribution in [3.63, 3.8) is 0 Å². The van der Waals surface area contributed by atoms with Crippen molar-refractivity contribution in [2.45, 2.75) is 65.0 Å². The van der Waals surface area contributed by atoms with E-state index < -0.39 is 11.6 Å². The fourth-order valence-corrected chi connectivity index (χ4v) is 4.99. The zero-order valence-electron chi connectivity index (χ0n) is 17.4. The normalized spacial score (nSPS) is 27.6. The summed E-state index contributed by atoms with van der Waals surface area (Å²) >= 11 is 2.32. The number of hydrogen-bond acceptors (Lipinski definition) is 5. The van der Waals surface area contributed by atoms with Crippen molar-refractivity contribution in [3.05, 3.63) is 27.7 Å². The quantitative estimate of drug-likeness (QED) is 0.578. The molecule has 2 aliphatic rings. The van der Waals surface area contributed by atoms with Gasteiger partial charge in [0.25, 0.3) is 0 Å². The zero-order valence-corrected chi connectivity index (χ0v) is 19.6. The van der Waals surface area contributed by atoms with Gasteiger partial charge in [0.2, 0.25) is 0 Å². The molecule has 1 atom stereocenters. The third kappa shape index (κ3) is 4.15. The van der Waals surface area contributed by atoms with Crippen LogP contribution >= 0.6 is 22.6 Å². The number of amides is 1. The maximum Gasteiger partial charge on any atom is 0.408 e. The fraction of sp³-hybridized carbons (Fsp3) is 0.591. The molecule has 1 aromatic carbocycles. The molecule has 1 aliphatic carbocycles. The van der Waals surface area contributed by atoms with E-state index in [1.54, 1.807) is 0 Å². The molecule has 1 N–H and O–H groups in total. The van der Waals surface area contributed by atoms with E-state index in [9.17, 15) is 4.79 Å². The lowest BCUT2D eigenvalue weighted by atomic mass is 9.72. The monoisotopic (exact) mass is 509 g/mol. The highest BCUT2D eigenvalue weighted by Gasteiger charge is 2.39. The molecule has 0 bridgehead atoms. The van der Waals surface area contributed by atoms with Gasteiger partial charge in [0.15, 0.2) is 5.82 Å². The number of benzene rings is 1. The van der Waals surface area contributed by atoms with E-state index in [2.05, 4.69) is 58.6 Å². The highest BCUT2D eigenvalue weighted by molar-refractivity contribution is 14.1. The number of carbonyl (C=O) groups is 1. The third-order valence-corrected chi connectivity index (χ3v) is 7.33. The summed E-state index contributed by atoms with van der Waals surface area (Å²) in [4.78, 5) is 20.6. The minimum atomic E-state index is -0.697. The molecular weight excluding hydrogens is 481 g/mol. The third-order valence-electron chi connectivity index (χ3n) is 6.22. The van der Waals surface area contributed by atoms with E-state index in [1.165, 1.54) is 12.8 Å². The van der Waals surface area contributed by atoms with Gasteiger partial charge in [-0.3, -0.25) is 0 Å². The van der Waals surface area contributed by atoms with Gasteiger partial charge < -0.3 is 14.8 Å². The number of nitrogens with zero attached hydrogens (tertiary/aromatic N) is 2. The number of carbonyl (C=O) groups excluding carboxylic acids is 1. The summed E-state index contributed by atoms with van der Waals surface area (Å²) in [5, 5.41) is 3.75. The number of hydrogen-bond donors (Lipinski definition) is 1. The van der Waals surface area contributed by atoms with Crippen LogP contribution in [0.3, 0.4) is 0 Å². The SMILES string of the molecule is CC(C)(C)[C@H]1CC[C@H](Oc2ccc3nc([C@]4(C)COC(=O)N4)ncc3c2I)CC1. The van der Waals surface area contributed by atoms with E-state index in [0.29, 0.717) is 11.2 Å². The van der Waals surface area contributed by atoms with Crippen molar-refractivity contribution in [3.8, 4) is 5.75 Å². The summed E-state index contributed by atoms with van der Waals surface area (Å²) in [6.45, 7) is 9.11. The van der Waals surface area contributed by atoms with Gasteiger partial charge in [-0.2, -0.15) is 0 Å². The van der Waals surface area contributed by atoms with E-state index >= 15 is 0 Å². The summed E-state index contributed by atoms with van der Waals surface area (Å²) < 4.78 is 12.4. The van der Waals surface area contributed by atoms with E-state index in [4.69, 9.17) is 9.47 Å². The van der Waals surface area contributed by atoms with E-state index in [0.717, 1.165) is 39.0 Å². The average molecular weight is 509 g/mol. The Labute approximate surface area is 185 Å². The second kappa shape index (κ2) is 7.56. The highest BCUT2D eigenvalue weighted by Crippen LogP contribution is 2.39. The smallest absolute Gasteiger partial charge is 0.408 e. The molecule has 6 nitrogen and oxygen atoms in total. The van der Waals surface area contributed by atoms with Crippen LogP contribution in [0.4, 0.5) is 4.79 Å².